The molecule has 26 heavy (non-hydrogen) atoms. The van der Waals surface area contributed by atoms with E-state index in [4.69, 9.17) is 5.11 Å². The molecule has 2 heterocycles. The molecule has 2 aromatic carbocycles. The summed E-state index contributed by atoms with van der Waals surface area (Å²) >= 11 is 1.39. The Balaban J connectivity index is 1.76. The van der Waals surface area contributed by atoms with Crippen LogP contribution in [0, 0.1) is 0 Å². The van der Waals surface area contributed by atoms with Crippen LogP contribution in [0.2, 0.25) is 0 Å². The number of nitrogens with zero attached hydrogens (tertiary/aromatic N) is 2. The molecule has 8 heteroatoms. The predicted molar refractivity (Wildman–Crippen MR) is 101 cm³/mol. The number of hydrogen-bond acceptors (Lipinski definition) is 5. The summed E-state index contributed by atoms with van der Waals surface area (Å²) < 4.78 is 26.9. The smallest absolute Gasteiger partial charge is 0.329 e. The number of carboxylic acid groups (broad SMARTS) is 1. The summed E-state index contributed by atoms with van der Waals surface area (Å²) in [5.41, 5.74) is 1.36. The number of hydrogen-bond donors (Lipinski definition) is 1. The van der Waals surface area contributed by atoms with Gasteiger partial charge in [0.15, 0.2) is 6.04 Å². The second kappa shape index (κ2) is 6.30. The van der Waals surface area contributed by atoms with E-state index >= 15 is 0 Å². The first-order valence-electron chi connectivity index (χ1n) is 7.82. The number of carboxylic acids is 1. The van der Waals surface area contributed by atoms with E-state index in [1.807, 2.05) is 6.07 Å². The van der Waals surface area contributed by atoms with Gasteiger partial charge in [0.2, 0.25) is 0 Å². The molecule has 1 unspecified atom stereocenters. The van der Waals surface area contributed by atoms with Crippen molar-refractivity contribution < 1.29 is 18.3 Å². The lowest BCUT2D eigenvalue weighted by Gasteiger charge is -2.08. The van der Waals surface area contributed by atoms with E-state index in [9.17, 15) is 13.2 Å². The molecule has 0 saturated carbocycles. The summed E-state index contributed by atoms with van der Waals surface area (Å²) in [5, 5.41) is 10.5. The molecule has 1 aliphatic rings. The first-order valence-corrected chi connectivity index (χ1v) is 10.2. The number of fused-ring (bicyclic) bond motifs is 1. The van der Waals surface area contributed by atoms with E-state index in [0.717, 1.165) is 10.9 Å². The number of aliphatic carboxylic acids is 1. The van der Waals surface area contributed by atoms with E-state index in [1.165, 1.54) is 21.9 Å². The van der Waals surface area contributed by atoms with Crippen molar-refractivity contribution in [3.63, 3.8) is 0 Å². The fourth-order valence-corrected chi connectivity index (χ4v) is 5.23. The van der Waals surface area contributed by atoms with Crippen molar-refractivity contribution in [2.75, 3.05) is 5.75 Å². The summed E-state index contributed by atoms with van der Waals surface area (Å²) in [7, 11) is -3.67. The van der Waals surface area contributed by atoms with Crippen molar-refractivity contribution >= 4 is 43.7 Å². The molecule has 1 N–H and O–H groups in total. The standard InChI is InChI=1S/C18H14N2O4S2/c21-18(22)15-11-25-17(19-15)13-6-7-16-12(10-13)8-9-20(16)26(23,24)14-4-2-1-3-5-14/h1-10,15H,11H2,(H,21,22). The van der Waals surface area contributed by atoms with Crippen LogP contribution in [-0.4, -0.2) is 40.3 Å². The number of aromatic nitrogens is 1. The highest BCUT2D eigenvalue weighted by Gasteiger charge is 2.25. The molecule has 0 aliphatic carbocycles. The Kier molecular flexibility index (Phi) is 4.08. The van der Waals surface area contributed by atoms with Gasteiger partial charge in [-0.2, -0.15) is 0 Å². The van der Waals surface area contributed by atoms with Gasteiger partial charge in [0.25, 0.3) is 10.0 Å². The Labute approximate surface area is 154 Å². The number of thioether (sulfide) groups is 1. The van der Waals surface area contributed by atoms with Crippen LogP contribution in [0.15, 0.2) is 70.7 Å². The normalized spacial score (nSPS) is 17.4. The molecule has 132 valence electrons. The molecule has 0 saturated heterocycles. The van der Waals surface area contributed by atoms with Crippen LogP contribution in [-0.2, 0) is 14.8 Å². The molecule has 0 bridgehead atoms. The van der Waals surface area contributed by atoms with E-state index in [-0.39, 0.29) is 4.90 Å². The SMILES string of the molecule is O=C(O)C1CSC(c2ccc3c(ccn3S(=O)(=O)c3ccccc3)c2)=N1. The zero-order valence-electron chi connectivity index (χ0n) is 13.4. The summed E-state index contributed by atoms with van der Waals surface area (Å²) in [6, 6.07) is 14.6. The zero-order valence-corrected chi connectivity index (χ0v) is 15.1. The van der Waals surface area contributed by atoms with Crippen LogP contribution in [0.25, 0.3) is 10.9 Å². The van der Waals surface area contributed by atoms with Crippen LogP contribution in [0.4, 0.5) is 0 Å². The van der Waals surface area contributed by atoms with Gasteiger partial charge in [0, 0.05) is 22.9 Å². The molecule has 1 atom stereocenters. The van der Waals surface area contributed by atoms with Crippen molar-refractivity contribution in [2.24, 2.45) is 4.99 Å². The molecule has 1 aromatic heterocycles. The molecular weight excluding hydrogens is 372 g/mol. The van der Waals surface area contributed by atoms with E-state index in [0.29, 0.717) is 16.3 Å². The van der Waals surface area contributed by atoms with Gasteiger partial charge in [-0.3, -0.25) is 4.99 Å². The molecule has 3 aromatic rings. The van der Waals surface area contributed by atoms with Crippen LogP contribution >= 0.6 is 11.8 Å². The molecule has 0 amide bonds. The van der Waals surface area contributed by atoms with Gasteiger partial charge in [-0.15, -0.1) is 11.8 Å². The average molecular weight is 386 g/mol. The van der Waals surface area contributed by atoms with Crippen LogP contribution in [0.1, 0.15) is 5.56 Å². The zero-order chi connectivity index (χ0) is 18.3. The number of benzene rings is 2. The van der Waals surface area contributed by atoms with Gasteiger partial charge < -0.3 is 5.11 Å². The van der Waals surface area contributed by atoms with Crippen molar-refractivity contribution in [3.8, 4) is 0 Å². The summed E-state index contributed by atoms with van der Waals surface area (Å²) in [4.78, 5) is 15.5. The highest BCUT2D eigenvalue weighted by atomic mass is 32.2. The lowest BCUT2D eigenvalue weighted by molar-refractivity contribution is -0.137. The largest absolute Gasteiger partial charge is 0.480 e. The Morgan fingerprint density at radius 2 is 1.92 bits per heavy atom. The van der Waals surface area contributed by atoms with Gasteiger partial charge in [0.05, 0.1) is 15.5 Å². The predicted octanol–water partition coefficient (Wildman–Crippen LogP) is 2.82. The van der Waals surface area contributed by atoms with E-state index in [1.54, 1.807) is 48.5 Å². The third-order valence-corrected chi connectivity index (χ3v) is 6.94. The highest BCUT2D eigenvalue weighted by Crippen LogP contribution is 2.28. The number of rotatable bonds is 4. The topological polar surface area (TPSA) is 88.7 Å². The quantitative estimate of drug-likeness (QED) is 0.745. The lowest BCUT2D eigenvalue weighted by Crippen LogP contribution is -2.17. The molecule has 1 aliphatic heterocycles. The molecule has 4 rings (SSSR count). The molecule has 6 nitrogen and oxygen atoms in total. The van der Waals surface area contributed by atoms with Crippen molar-refractivity contribution in [1.82, 2.24) is 3.97 Å². The number of carbonyl (C=O) groups is 1. The summed E-state index contributed by atoms with van der Waals surface area (Å²) in [6.07, 6.45) is 1.53. The van der Waals surface area contributed by atoms with E-state index in [2.05, 4.69) is 4.99 Å². The minimum Gasteiger partial charge on any atom is -0.480 e. The first kappa shape index (κ1) is 16.9. The van der Waals surface area contributed by atoms with E-state index < -0.39 is 22.0 Å². The molecule has 0 radical (unpaired) electrons. The fraction of sp³-hybridized carbons (Fsp3) is 0.111. The second-order valence-electron chi connectivity index (χ2n) is 5.80. The number of aliphatic imine (C=N–C) groups is 1. The lowest BCUT2D eigenvalue weighted by atomic mass is 10.2. The Hall–Kier alpha value is -2.58. The minimum atomic E-state index is -3.67. The third-order valence-electron chi connectivity index (χ3n) is 4.14. The molecule has 0 fully saturated rings. The average Bonchev–Trinajstić information content (AvgIpc) is 3.29. The molecule has 0 spiro atoms. The molecular formula is C18H14N2O4S2. The van der Waals surface area contributed by atoms with Gasteiger partial charge >= 0.3 is 5.97 Å². The van der Waals surface area contributed by atoms with Crippen LogP contribution < -0.4 is 0 Å². The Morgan fingerprint density at radius 1 is 1.15 bits per heavy atom. The van der Waals surface area contributed by atoms with Crippen LogP contribution in [0.5, 0.6) is 0 Å². The van der Waals surface area contributed by atoms with Crippen LogP contribution in [0.3, 0.4) is 0 Å². The Bertz CT molecular complexity index is 1130. The van der Waals surface area contributed by atoms with Gasteiger partial charge in [0.1, 0.15) is 0 Å². The van der Waals surface area contributed by atoms with Crippen molar-refractivity contribution in [2.45, 2.75) is 10.9 Å². The van der Waals surface area contributed by atoms with Gasteiger partial charge in [-0.05, 0) is 30.3 Å². The monoisotopic (exact) mass is 386 g/mol. The first-order chi connectivity index (χ1) is 12.5. The maximum atomic E-state index is 12.8. The van der Waals surface area contributed by atoms with Crippen molar-refractivity contribution in [1.29, 1.82) is 0 Å². The maximum absolute atomic E-state index is 12.8. The second-order valence-corrected chi connectivity index (χ2v) is 8.63. The summed E-state index contributed by atoms with van der Waals surface area (Å²) in [6.45, 7) is 0. The third kappa shape index (κ3) is 2.81. The van der Waals surface area contributed by atoms with Gasteiger partial charge in [-0.1, -0.05) is 24.3 Å². The van der Waals surface area contributed by atoms with Crippen molar-refractivity contribution in [3.05, 3.63) is 66.4 Å². The minimum absolute atomic E-state index is 0.224. The van der Waals surface area contributed by atoms with Gasteiger partial charge in [-0.25, -0.2) is 17.2 Å². The Morgan fingerprint density at radius 3 is 2.62 bits per heavy atom. The summed E-state index contributed by atoms with van der Waals surface area (Å²) in [5.74, 6) is -0.528. The maximum Gasteiger partial charge on any atom is 0.329 e. The fourth-order valence-electron chi connectivity index (χ4n) is 2.82. The highest BCUT2D eigenvalue weighted by molar-refractivity contribution is 8.14.